The van der Waals surface area contributed by atoms with Crippen LogP contribution >= 0.6 is 0 Å². The maximum atomic E-state index is 13.3. The Morgan fingerprint density at radius 2 is 1.78 bits per heavy atom. The van der Waals surface area contributed by atoms with Crippen molar-refractivity contribution in [3.8, 4) is 0 Å². The molecule has 124 valence electrons. The van der Waals surface area contributed by atoms with Crippen molar-refractivity contribution in [3.63, 3.8) is 0 Å². The Hall–Kier alpha value is -1.39. The molecule has 4 rings (SSSR count). The maximum absolute atomic E-state index is 13.3. The number of nitrogens with zero attached hydrogens (tertiary/aromatic N) is 1. The van der Waals surface area contributed by atoms with Crippen LogP contribution in [0.3, 0.4) is 0 Å². The minimum Gasteiger partial charge on any atom is -0.375 e. The number of likely N-dealkylation sites (tertiary alicyclic amines) is 1. The molecule has 3 unspecified atom stereocenters. The van der Waals surface area contributed by atoms with Crippen LogP contribution in [0.5, 0.6) is 0 Å². The van der Waals surface area contributed by atoms with E-state index in [-0.39, 0.29) is 11.8 Å². The molecular weight excluding hydrogens is 288 g/mol. The van der Waals surface area contributed by atoms with Crippen LogP contribution in [0.1, 0.15) is 31.2 Å². The normalized spacial score (nSPS) is 32.6. The number of piperidine rings is 1. The van der Waals surface area contributed by atoms with Gasteiger partial charge in [0, 0.05) is 25.0 Å². The van der Waals surface area contributed by atoms with Crippen molar-refractivity contribution in [2.75, 3.05) is 20.1 Å². The number of aliphatic hydroxyl groups is 1. The molecule has 1 aromatic rings. The maximum Gasteiger partial charge on any atom is 0.259 e. The number of nitrogens with one attached hydrogen (secondary N) is 1. The lowest BCUT2D eigenvalue weighted by Crippen LogP contribution is -2.51. The van der Waals surface area contributed by atoms with Crippen LogP contribution in [0.4, 0.5) is 0 Å². The van der Waals surface area contributed by atoms with E-state index >= 15 is 0 Å². The summed E-state index contributed by atoms with van der Waals surface area (Å²) in [5, 5.41) is 14.9. The van der Waals surface area contributed by atoms with Crippen LogP contribution in [-0.4, -0.2) is 42.1 Å². The van der Waals surface area contributed by atoms with Gasteiger partial charge in [-0.1, -0.05) is 43.2 Å². The average molecular weight is 314 g/mol. The molecule has 0 spiro atoms. The van der Waals surface area contributed by atoms with Gasteiger partial charge in [-0.3, -0.25) is 4.79 Å². The van der Waals surface area contributed by atoms with Gasteiger partial charge in [0.05, 0.1) is 0 Å². The minimum absolute atomic E-state index is 0.0504. The van der Waals surface area contributed by atoms with Crippen molar-refractivity contribution in [2.24, 2.45) is 17.8 Å². The van der Waals surface area contributed by atoms with E-state index in [4.69, 9.17) is 0 Å². The van der Waals surface area contributed by atoms with Gasteiger partial charge < -0.3 is 15.3 Å². The fourth-order valence-corrected chi connectivity index (χ4v) is 4.93. The summed E-state index contributed by atoms with van der Waals surface area (Å²) in [6, 6.07) is 10.1. The molecule has 1 amide bonds. The standard InChI is InChI=1S/C19H26N2O2/c1-20-17-15-11-21(12-16(15)17)18(22)19(23,14-9-5-6-10-14)13-7-3-2-4-8-13/h2-4,7-8,14-17,20,23H,5-6,9-12H2,1H3. The van der Waals surface area contributed by atoms with Crippen LogP contribution in [-0.2, 0) is 10.4 Å². The predicted molar refractivity (Wildman–Crippen MR) is 88.7 cm³/mol. The van der Waals surface area contributed by atoms with Gasteiger partial charge in [0.15, 0.2) is 5.60 Å². The molecule has 0 aromatic heterocycles. The molecule has 3 fully saturated rings. The Balaban J connectivity index is 1.60. The largest absolute Gasteiger partial charge is 0.375 e. The average Bonchev–Trinajstić information content (AvgIpc) is 3.02. The Kier molecular flexibility index (Phi) is 3.69. The zero-order chi connectivity index (χ0) is 16.0. The number of hydrogen-bond donors (Lipinski definition) is 2. The minimum atomic E-state index is -1.34. The molecule has 2 N–H and O–H groups in total. The second-order valence-corrected chi connectivity index (χ2v) is 7.47. The van der Waals surface area contributed by atoms with Crippen molar-refractivity contribution in [3.05, 3.63) is 35.9 Å². The van der Waals surface area contributed by atoms with Crippen LogP contribution < -0.4 is 5.32 Å². The van der Waals surface area contributed by atoms with Crippen molar-refractivity contribution in [2.45, 2.75) is 37.3 Å². The topological polar surface area (TPSA) is 52.6 Å². The summed E-state index contributed by atoms with van der Waals surface area (Å²) in [6.45, 7) is 1.58. The number of rotatable bonds is 4. The SMILES string of the molecule is CNC1C2CN(C(=O)C(O)(c3ccccc3)C3CCCC3)CC21. The number of hydrogen-bond acceptors (Lipinski definition) is 3. The van der Waals surface area contributed by atoms with Gasteiger partial charge in [0.25, 0.3) is 5.91 Å². The second kappa shape index (κ2) is 5.60. The van der Waals surface area contributed by atoms with Crippen molar-refractivity contribution >= 4 is 5.91 Å². The molecule has 2 aliphatic carbocycles. The van der Waals surface area contributed by atoms with Gasteiger partial charge in [-0.15, -0.1) is 0 Å². The summed E-state index contributed by atoms with van der Waals surface area (Å²) in [5.41, 5.74) is -0.577. The highest BCUT2D eigenvalue weighted by atomic mass is 16.3. The molecule has 4 heteroatoms. The monoisotopic (exact) mass is 314 g/mol. The van der Waals surface area contributed by atoms with E-state index in [1.807, 2.05) is 42.3 Å². The van der Waals surface area contributed by atoms with Crippen molar-refractivity contribution in [1.29, 1.82) is 0 Å². The van der Waals surface area contributed by atoms with Crippen LogP contribution in [0.15, 0.2) is 30.3 Å². The van der Waals surface area contributed by atoms with E-state index in [0.29, 0.717) is 17.9 Å². The van der Waals surface area contributed by atoms with Gasteiger partial charge in [-0.2, -0.15) is 0 Å². The lowest BCUT2D eigenvalue weighted by atomic mass is 9.79. The lowest BCUT2D eigenvalue weighted by Gasteiger charge is -2.37. The Bertz CT molecular complexity index is 572. The smallest absolute Gasteiger partial charge is 0.259 e. The Labute approximate surface area is 137 Å². The second-order valence-electron chi connectivity index (χ2n) is 7.47. The van der Waals surface area contributed by atoms with E-state index in [2.05, 4.69) is 5.32 Å². The van der Waals surface area contributed by atoms with Crippen LogP contribution in [0.25, 0.3) is 0 Å². The molecule has 3 aliphatic rings. The first-order chi connectivity index (χ1) is 11.2. The highest BCUT2D eigenvalue weighted by Crippen LogP contribution is 2.48. The summed E-state index contributed by atoms with van der Waals surface area (Å²) < 4.78 is 0. The third-order valence-electron chi connectivity index (χ3n) is 6.30. The zero-order valence-corrected chi connectivity index (χ0v) is 13.7. The zero-order valence-electron chi connectivity index (χ0n) is 13.7. The van der Waals surface area contributed by atoms with Gasteiger partial charge in [0.2, 0.25) is 0 Å². The molecule has 1 heterocycles. The number of fused-ring (bicyclic) bond motifs is 1. The molecule has 23 heavy (non-hydrogen) atoms. The van der Waals surface area contributed by atoms with Gasteiger partial charge in [-0.05, 0) is 37.3 Å². The molecule has 4 nitrogen and oxygen atoms in total. The first kappa shape index (κ1) is 15.2. The summed E-state index contributed by atoms with van der Waals surface area (Å²) >= 11 is 0. The van der Waals surface area contributed by atoms with E-state index in [0.717, 1.165) is 44.3 Å². The molecule has 0 bridgehead atoms. The Morgan fingerprint density at radius 3 is 2.35 bits per heavy atom. The van der Waals surface area contributed by atoms with E-state index in [1.54, 1.807) is 0 Å². The van der Waals surface area contributed by atoms with Crippen LogP contribution in [0.2, 0.25) is 0 Å². The highest BCUT2D eigenvalue weighted by Gasteiger charge is 2.59. The summed E-state index contributed by atoms with van der Waals surface area (Å²) in [6.07, 6.45) is 4.11. The molecule has 3 atom stereocenters. The first-order valence-electron chi connectivity index (χ1n) is 8.90. The van der Waals surface area contributed by atoms with E-state index in [1.165, 1.54) is 0 Å². The third-order valence-corrected chi connectivity index (χ3v) is 6.30. The fourth-order valence-electron chi connectivity index (χ4n) is 4.93. The highest BCUT2D eigenvalue weighted by molar-refractivity contribution is 5.87. The van der Waals surface area contributed by atoms with E-state index in [9.17, 15) is 9.90 Å². The van der Waals surface area contributed by atoms with Crippen molar-refractivity contribution < 1.29 is 9.90 Å². The molecule has 0 radical (unpaired) electrons. The third kappa shape index (κ3) is 2.31. The lowest BCUT2D eigenvalue weighted by molar-refractivity contribution is -0.158. The van der Waals surface area contributed by atoms with Crippen LogP contribution in [0, 0.1) is 17.8 Å². The molecule has 1 aliphatic heterocycles. The first-order valence-corrected chi connectivity index (χ1v) is 8.90. The Morgan fingerprint density at radius 1 is 1.17 bits per heavy atom. The predicted octanol–water partition coefficient (Wildman–Crippen LogP) is 1.74. The summed E-state index contributed by atoms with van der Waals surface area (Å²) in [7, 11) is 1.99. The molecule has 2 saturated carbocycles. The molecular formula is C19H26N2O2. The van der Waals surface area contributed by atoms with Gasteiger partial charge in [-0.25, -0.2) is 0 Å². The van der Waals surface area contributed by atoms with Gasteiger partial charge >= 0.3 is 0 Å². The molecule has 1 aromatic carbocycles. The number of carbonyl (C=O) groups excluding carboxylic acids is 1. The molecule has 1 saturated heterocycles. The van der Waals surface area contributed by atoms with E-state index < -0.39 is 5.60 Å². The number of benzene rings is 1. The van der Waals surface area contributed by atoms with Gasteiger partial charge in [0.1, 0.15) is 0 Å². The van der Waals surface area contributed by atoms with Crippen molar-refractivity contribution in [1.82, 2.24) is 10.2 Å². The number of carbonyl (C=O) groups is 1. The number of amides is 1. The summed E-state index contributed by atoms with van der Waals surface area (Å²) in [4.78, 5) is 15.2. The fraction of sp³-hybridized carbons (Fsp3) is 0.632. The summed E-state index contributed by atoms with van der Waals surface area (Å²) in [5.74, 6) is 1.13. The quantitative estimate of drug-likeness (QED) is 0.890.